The first-order valence-corrected chi connectivity index (χ1v) is 9.69. The second-order valence-electron chi connectivity index (χ2n) is 7.19. The minimum Gasteiger partial charge on any atom is -0.387 e. The fraction of sp³-hybridized carbons (Fsp3) is 0.500. The van der Waals surface area contributed by atoms with Crippen molar-refractivity contribution >= 4 is 11.5 Å². The monoisotopic (exact) mass is 385 g/mol. The normalized spacial score (nSPS) is 20.9. The summed E-state index contributed by atoms with van der Waals surface area (Å²) in [7, 11) is 0. The summed E-state index contributed by atoms with van der Waals surface area (Å²) in [6.07, 6.45) is 9.70. The predicted molar refractivity (Wildman–Crippen MR) is 104 cm³/mol. The van der Waals surface area contributed by atoms with Gasteiger partial charge in [0.25, 0.3) is 5.91 Å². The van der Waals surface area contributed by atoms with Crippen molar-refractivity contribution in [2.24, 2.45) is 5.92 Å². The molecule has 0 radical (unpaired) electrons. The summed E-state index contributed by atoms with van der Waals surface area (Å²) in [5, 5.41) is 24.5. The highest BCUT2D eigenvalue weighted by Crippen LogP contribution is 2.29. The van der Waals surface area contributed by atoms with E-state index in [9.17, 15) is 9.90 Å². The van der Waals surface area contributed by atoms with Crippen LogP contribution in [0.25, 0.3) is 5.57 Å². The summed E-state index contributed by atoms with van der Waals surface area (Å²) in [5.41, 5.74) is 2.18. The van der Waals surface area contributed by atoms with Gasteiger partial charge in [-0.1, -0.05) is 35.5 Å². The second-order valence-corrected chi connectivity index (χ2v) is 7.19. The summed E-state index contributed by atoms with van der Waals surface area (Å²) in [4.78, 5) is 12.4. The van der Waals surface area contributed by atoms with Crippen molar-refractivity contribution in [3.8, 4) is 0 Å². The molecule has 1 aliphatic carbocycles. The first-order valence-electron chi connectivity index (χ1n) is 9.69. The quantitative estimate of drug-likeness (QED) is 0.677. The Hall–Kier alpha value is -2.74. The van der Waals surface area contributed by atoms with Gasteiger partial charge in [0.15, 0.2) is 0 Å². The van der Waals surface area contributed by atoms with E-state index in [1.807, 2.05) is 25.2 Å². The molecular formula is C20H27N5O3. The molecule has 2 N–H and O–H groups in total. The van der Waals surface area contributed by atoms with E-state index in [1.54, 1.807) is 23.9 Å². The third-order valence-corrected chi connectivity index (χ3v) is 4.80. The molecule has 2 aromatic heterocycles. The molecule has 8 nitrogen and oxygen atoms in total. The summed E-state index contributed by atoms with van der Waals surface area (Å²) < 4.78 is 6.98. The molecule has 0 aromatic carbocycles. The van der Waals surface area contributed by atoms with E-state index in [0.717, 1.165) is 31.4 Å². The number of nitrogens with one attached hydrogen (secondary N) is 1. The zero-order valence-electron chi connectivity index (χ0n) is 16.5. The van der Waals surface area contributed by atoms with Crippen LogP contribution in [0, 0.1) is 5.92 Å². The smallest absolute Gasteiger partial charge is 0.290 e. The summed E-state index contributed by atoms with van der Waals surface area (Å²) in [5.74, 6) is 0.409. The lowest BCUT2D eigenvalue weighted by Gasteiger charge is -2.35. The number of aromatic nitrogens is 4. The molecule has 1 saturated carbocycles. The van der Waals surface area contributed by atoms with Crippen molar-refractivity contribution in [3.63, 3.8) is 0 Å². The van der Waals surface area contributed by atoms with Gasteiger partial charge in [0.05, 0.1) is 12.3 Å². The number of hydrogen-bond acceptors (Lipinski definition) is 6. The highest BCUT2D eigenvalue weighted by molar-refractivity contribution is 5.92. The van der Waals surface area contributed by atoms with Crippen molar-refractivity contribution in [2.75, 3.05) is 0 Å². The molecule has 3 rings (SSSR count). The van der Waals surface area contributed by atoms with Crippen LogP contribution in [0.1, 0.15) is 68.1 Å². The number of aliphatic hydroxyl groups is 1. The molecule has 0 spiro atoms. The SMILES string of the molecule is C/C=C\C(=C/CC)c1cc(C(=O)N[C@H]2C[C@@H](Cn3cc([C@H](C)O)nn3)C2)on1. The molecule has 8 heteroatoms. The highest BCUT2D eigenvalue weighted by Gasteiger charge is 2.32. The number of carbonyl (C=O) groups excluding carboxylic acids is 1. The van der Waals surface area contributed by atoms with Crippen molar-refractivity contribution in [1.82, 2.24) is 25.5 Å². The molecule has 1 fully saturated rings. The molecule has 1 atom stereocenters. The molecule has 0 unspecified atom stereocenters. The minimum atomic E-state index is -0.616. The molecule has 0 saturated heterocycles. The van der Waals surface area contributed by atoms with E-state index in [1.165, 1.54) is 0 Å². The van der Waals surface area contributed by atoms with Crippen LogP contribution in [-0.4, -0.2) is 37.2 Å². The van der Waals surface area contributed by atoms with Gasteiger partial charge >= 0.3 is 0 Å². The summed E-state index contributed by atoms with van der Waals surface area (Å²) >= 11 is 0. The molecule has 2 heterocycles. The van der Waals surface area contributed by atoms with E-state index in [0.29, 0.717) is 17.3 Å². The van der Waals surface area contributed by atoms with Crippen molar-refractivity contribution in [3.05, 3.63) is 47.6 Å². The number of amides is 1. The van der Waals surface area contributed by atoms with Crippen LogP contribution in [0.3, 0.4) is 0 Å². The van der Waals surface area contributed by atoms with Gasteiger partial charge in [-0.2, -0.15) is 0 Å². The van der Waals surface area contributed by atoms with Crippen LogP contribution < -0.4 is 5.32 Å². The lowest BCUT2D eigenvalue weighted by atomic mass is 9.80. The molecular weight excluding hydrogens is 358 g/mol. The highest BCUT2D eigenvalue weighted by atomic mass is 16.5. The number of carbonyl (C=O) groups is 1. The zero-order chi connectivity index (χ0) is 20.1. The van der Waals surface area contributed by atoms with Crippen LogP contribution in [0.5, 0.6) is 0 Å². The van der Waals surface area contributed by atoms with Gasteiger partial charge in [-0.25, -0.2) is 0 Å². The van der Waals surface area contributed by atoms with E-state index >= 15 is 0 Å². The molecule has 1 amide bonds. The average molecular weight is 385 g/mol. The Morgan fingerprint density at radius 1 is 1.50 bits per heavy atom. The number of nitrogens with zero attached hydrogens (tertiary/aromatic N) is 4. The maximum atomic E-state index is 12.4. The fourth-order valence-corrected chi connectivity index (χ4v) is 3.29. The molecule has 2 aromatic rings. The van der Waals surface area contributed by atoms with Crippen LogP contribution in [0.2, 0.25) is 0 Å². The van der Waals surface area contributed by atoms with Gasteiger partial charge < -0.3 is 14.9 Å². The second kappa shape index (κ2) is 8.97. The molecule has 28 heavy (non-hydrogen) atoms. The summed E-state index contributed by atoms with van der Waals surface area (Å²) in [6.45, 7) is 6.38. The van der Waals surface area contributed by atoms with E-state index in [4.69, 9.17) is 4.52 Å². The van der Waals surface area contributed by atoms with E-state index in [2.05, 4.69) is 27.7 Å². The third-order valence-electron chi connectivity index (χ3n) is 4.80. The van der Waals surface area contributed by atoms with Crippen molar-refractivity contribution in [2.45, 2.75) is 58.7 Å². The van der Waals surface area contributed by atoms with Crippen LogP contribution in [0.4, 0.5) is 0 Å². The van der Waals surface area contributed by atoms with Gasteiger partial charge in [0.2, 0.25) is 5.76 Å². The fourth-order valence-electron chi connectivity index (χ4n) is 3.29. The van der Waals surface area contributed by atoms with Gasteiger partial charge in [-0.05, 0) is 44.6 Å². The molecule has 0 aliphatic heterocycles. The minimum absolute atomic E-state index is 0.118. The molecule has 1 aliphatic rings. The lowest BCUT2D eigenvalue weighted by molar-refractivity contribution is 0.0842. The topological polar surface area (TPSA) is 106 Å². The van der Waals surface area contributed by atoms with Crippen LogP contribution in [0.15, 0.2) is 35.0 Å². The van der Waals surface area contributed by atoms with Gasteiger partial charge in [0.1, 0.15) is 11.4 Å². The average Bonchev–Trinajstić information content (AvgIpc) is 3.29. The van der Waals surface area contributed by atoms with Gasteiger partial charge in [0, 0.05) is 18.7 Å². The largest absolute Gasteiger partial charge is 0.387 e. The number of hydrogen-bond donors (Lipinski definition) is 2. The Morgan fingerprint density at radius 2 is 2.29 bits per heavy atom. The molecule has 0 bridgehead atoms. The van der Waals surface area contributed by atoms with Gasteiger partial charge in [-0.3, -0.25) is 9.48 Å². The Bertz CT molecular complexity index is 859. The Morgan fingerprint density at radius 3 is 2.93 bits per heavy atom. The van der Waals surface area contributed by atoms with E-state index in [-0.39, 0.29) is 17.7 Å². The Labute approximate surface area is 164 Å². The molecule has 150 valence electrons. The third kappa shape index (κ3) is 4.75. The zero-order valence-corrected chi connectivity index (χ0v) is 16.5. The van der Waals surface area contributed by atoms with Crippen LogP contribution in [-0.2, 0) is 6.54 Å². The number of rotatable bonds is 8. The Balaban J connectivity index is 1.49. The first-order chi connectivity index (χ1) is 13.5. The first kappa shape index (κ1) is 20.0. The lowest BCUT2D eigenvalue weighted by Crippen LogP contribution is -2.45. The van der Waals surface area contributed by atoms with E-state index < -0.39 is 6.10 Å². The Kier molecular flexibility index (Phi) is 6.41. The number of allylic oxidation sites excluding steroid dienone is 4. The maximum absolute atomic E-state index is 12.4. The summed E-state index contributed by atoms with van der Waals surface area (Å²) in [6, 6.07) is 1.80. The standard InChI is InChI=1S/C20H27N5O3/c1-4-6-15(7-5-2)17-10-19(28-23-17)20(27)21-16-8-14(9-16)11-25-12-18(13(3)26)22-24-25/h4,6-7,10,12-14,16,26H,5,8-9,11H2,1-3H3,(H,21,27)/b6-4-,15-7+/t13-,14-,16+/m0/s1. The van der Waals surface area contributed by atoms with Crippen molar-refractivity contribution < 1.29 is 14.4 Å². The predicted octanol–water partition coefficient (Wildman–Crippen LogP) is 2.90. The van der Waals surface area contributed by atoms with Gasteiger partial charge in [-0.15, -0.1) is 5.10 Å². The van der Waals surface area contributed by atoms with Crippen molar-refractivity contribution in [1.29, 1.82) is 0 Å². The maximum Gasteiger partial charge on any atom is 0.290 e. The van der Waals surface area contributed by atoms with Crippen LogP contribution >= 0.6 is 0 Å². The number of aliphatic hydroxyl groups excluding tert-OH is 1.